The first-order chi connectivity index (χ1) is 12.5. The van der Waals surface area contributed by atoms with Crippen molar-refractivity contribution >= 4 is 34.5 Å². The van der Waals surface area contributed by atoms with Crippen molar-refractivity contribution in [3.05, 3.63) is 39.6 Å². The highest BCUT2D eigenvalue weighted by Gasteiger charge is 2.22. The maximum atomic E-state index is 12.7. The Labute approximate surface area is 157 Å². The van der Waals surface area contributed by atoms with Crippen LogP contribution >= 0.6 is 11.3 Å². The highest BCUT2D eigenvalue weighted by atomic mass is 32.1. The van der Waals surface area contributed by atoms with E-state index in [1.54, 1.807) is 36.6 Å². The molecule has 0 spiro atoms. The third-order valence-corrected chi connectivity index (χ3v) is 5.99. The maximum absolute atomic E-state index is 12.7. The highest BCUT2D eigenvalue weighted by Crippen LogP contribution is 2.34. The number of hydrogen-bond donors (Lipinski definition) is 2. The Kier molecular flexibility index (Phi) is 5.61. The van der Waals surface area contributed by atoms with Gasteiger partial charge in [0, 0.05) is 17.5 Å². The number of carbonyl (C=O) groups excluding carboxylic acids is 2. The molecule has 2 amide bonds. The summed E-state index contributed by atoms with van der Waals surface area (Å²) in [5, 5.41) is 5.64. The number of nitrogens with one attached hydrogen (secondary N) is 2. The van der Waals surface area contributed by atoms with E-state index in [9.17, 15) is 9.59 Å². The normalized spacial score (nSPS) is 15.9. The predicted octanol–water partition coefficient (Wildman–Crippen LogP) is 4.48. The van der Waals surface area contributed by atoms with Gasteiger partial charge in [-0.3, -0.25) is 9.59 Å². The van der Waals surface area contributed by atoms with Crippen LogP contribution in [0.5, 0.6) is 5.75 Å². The van der Waals surface area contributed by atoms with Gasteiger partial charge in [0.15, 0.2) is 0 Å². The summed E-state index contributed by atoms with van der Waals surface area (Å²) in [5.74, 6) is 0.974. The molecule has 0 radical (unpaired) electrons. The topological polar surface area (TPSA) is 67.4 Å². The van der Waals surface area contributed by atoms with E-state index in [-0.39, 0.29) is 11.8 Å². The molecule has 0 bridgehead atoms. The Morgan fingerprint density at radius 2 is 2.08 bits per heavy atom. The van der Waals surface area contributed by atoms with Crippen molar-refractivity contribution in [2.45, 2.75) is 39.5 Å². The summed E-state index contributed by atoms with van der Waals surface area (Å²) < 4.78 is 5.33. The fourth-order valence-corrected chi connectivity index (χ4v) is 4.43. The number of benzene rings is 1. The minimum atomic E-state index is -0.163. The van der Waals surface area contributed by atoms with Gasteiger partial charge in [-0.05, 0) is 55.0 Å². The lowest BCUT2D eigenvalue weighted by Crippen LogP contribution is -2.12. The van der Waals surface area contributed by atoms with Gasteiger partial charge in [0.05, 0.1) is 17.7 Å². The van der Waals surface area contributed by atoms with Gasteiger partial charge in [-0.1, -0.05) is 13.3 Å². The Morgan fingerprint density at radius 3 is 2.77 bits per heavy atom. The summed E-state index contributed by atoms with van der Waals surface area (Å²) in [5.41, 5.74) is 2.48. The van der Waals surface area contributed by atoms with Crippen LogP contribution in [0.1, 0.15) is 46.8 Å². The molecule has 1 aliphatic carbocycles. The number of hydrogen-bond acceptors (Lipinski definition) is 4. The first kappa shape index (κ1) is 18.5. The molecule has 0 aliphatic heterocycles. The third-order valence-electron chi connectivity index (χ3n) is 4.75. The average molecular weight is 372 g/mol. The second-order valence-electron chi connectivity index (χ2n) is 6.63. The van der Waals surface area contributed by atoms with Crippen molar-refractivity contribution in [1.82, 2.24) is 0 Å². The fraction of sp³-hybridized carbons (Fsp3) is 0.400. The fourth-order valence-electron chi connectivity index (χ4n) is 3.33. The Hall–Kier alpha value is -2.34. The lowest BCUT2D eigenvalue weighted by atomic mass is 9.87. The predicted molar refractivity (Wildman–Crippen MR) is 105 cm³/mol. The first-order valence-corrected chi connectivity index (χ1v) is 9.70. The van der Waals surface area contributed by atoms with E-state index >= 15 is 0 Å². The molecule has 1 atom stereocenters. The van der Waals surface area contributed by atoms with Gasteiger partial charge in [0.1, 0.15) is 5.75 Å². The minimum Gasteiger partial charge on any atom is -0.495 e. The minimum absolute atomic E-state index is 0.143. The zero-order chi connectivity index (χ0) is 18.7. The summed E-state index contributed by atoms with van der Waals surface area (Å²) in [6.07, 6.45) is 4.52. The van der Waals surface area contributed by atoms with Gasteiger partial charge in [-0.2, -0.15) is 0 Å². The number of carbonyl (C=O) groups is 2. The zero-order valence-corrected chi connectivity index (χ0v) is 16.2. The molecule has 0 saturated heterocycles. The number of fused-ring (bicyclic) bond motifs is 1. The lowest BCUT2D eigenvalue weighted by Gasteiger charge is -2.19. The van der Waals surface area contributed by atoms with Crippen LogP contribution in [0.25, 0.3) is 0 Å². The first-order valence-electron chi connectivity index (χ1n) is 8.88. The van der Waals surface area contributed by atoms with Crippen LogP contribution in [-0.4, -0.2) is 18.9 Å². The summed E-state index contributed by atoms with van der Waals surface area (Å²) in [6, 6.07) is 7.21. The Balaban J connectivity index is 1.79. The molecular formula is C20H24N2O3S. The van der Waals surface area contributed by atoms with Crippen molar-refractivity contribution in [3.8, 4) is 5.75 Å². The molecule has 2 N–H and O–H groups in total. The molecule has 26 heavy (non-hydrogen) atoms. The van der Waals surface area contributed by atoms with Crippen molar-refractivity contribution in [1.29, 1.82) is 0 Å². The second-order valence-corrected chi connectivity index (χ2v) is 7.76. The zero-order valence-electron chi connectivity index (χ0n) is 15.3. The van der Waals surface area contributed by atoms with E-state index in [0.717, 1.165) is 23.6 Å². The van der Waals surface area contributed by atoms with Crippen LogP contribution in [0.15, 0.2) is 24.3 Å². The van der Waals surface area contributed by atoms with Crippen molar-refractivity contribution < 1.29 is 14.3 Å². The number of aryl methyl sites for hydroxylation is 1. The van der Waals surface area contributed by atoms with Crippen LogP contribution < -0.4 is 15.4 Å². The third kappa shape index (κ3) is 4.07. The number of anilines is 2. The molecule has 0 unspecified atom stereocenters. The number of thiophene rings is 1. The molecule has 2 aromatic rings. The van der Waals surface area contributed by atoms with Crippen LogP contribution in [-0.2, 0) is 17.6 Å². The summed E-state index contributed by atoms with van der Waals surface area (Å²) in [4.78, 5) is 26.1. The van der Waals surface area contributed by atoms with E-state index < -0.39 is 0 Å². The smallest absolute Gasteiger partial charge is 0.265 e. The van der Waals surface area contributed by atoms with Gasteiger partial charge < -0.3 is 15.4 Å². The largest absolute Gasteiger partial charge is 0.495 e. The summed E-state index contributed by atoms with van der Waals surface area (Å²) in [7, 11) is 1.55. The van der Waals surface area contributed by atoms with E-state index in [1.807, 2.05) is 6.07 Å². The van der Waals surface area contributed by atoms with Gasteiger partial charge in [-0.15, -0.1) is 11.3 Å². The summed E-state index contributed by atoms with van der Waals surface area (Å²) in [6.45, 7) is 3.67. The van der Waals surface area contributed by atoms with Crippen LogP contribution in [0.4, 0.5) is 11.4 Å². The van der Waals surface area contributed by atoms with E-state index in [2.05, 4.69) is 17.6 Å². The molecule has 0 fully saturated rings. The monoisotopic (exact) mass is 372 g/mol. The molecule has 1 aliphatic rings. The molecule has 138 valence electrons. The SMILES string of the molecule is CC[C@@H]1CCc2sc(C(=O)Nc3cc(NC(C)=O)ccc3OC)cc2C1. The van der Waals surface area contributed by atoms with Gasteiger partial charge >= 0.3 is 0 Å². The van der Waals surface area contributed by atoms with Crippen LogP contribution in [0, 0.1) is 5.92 Å². The van der Waals surface area contributed by atoms with Gasteiger partial charge in [0.2, 0.25) is 5.91 Å². The Morgan fingerprint density at radius 1 is 1.27 bits per heavy atom. The van der Waals surface area contributed by atoms with Gasteiger partial charge in [-0.25, -0.2) is 0 Å². The van der Waals surface area contributed by atoms with Crippen molar-refractivity contribution in [3.63, 3.8) is 0 Å². The van der Waals surface area contributed by atoms with E-state index in [4.69, 9.17) is 4.74 Å². The van der Waals surface area contributed by atoms with Crippen molar-refractivity contribution in [2.24, 2.45) is 5.92 Å². The quantitative estimate of drug-likeness (QED) is 0.813. The highest BCUT2D eigenvalue weighted by molar-refractivity contribution is 7.14. The standard InChI is InChI=1S/C20H24N2O3S/c1-4-13-5-8-18-14(9-13)10-19(26-18)20(24)22-16-11-15(21-12(2)23)6-7-17(16)25-3/h6-7,10-11,13H,4-5,8-9H2,1-3H3,(H,21,23)(H,22,24)/t13-/m1/s1. The number of methoxy groups -OCH3 is 1. The summed E-state index contributed by atoms with van der Waals surface area (Å²) >= 11 is 1.58. The average Bonchev–Trinajstić information content (AvgIpc) is 3.04. The Bertz CT molecular complexity index is 828. The van der Waals surface area contributed by atoms with Crippen LogP contribution in [0.3, 0.4) is 0 Å². The number of amides is 2. The molecule has 0 saturated carbocycles. The van der Waals surface area contributed by atoms with Gasteiger partial charge in [0.25, 0.3) is 5.91 Å². The second kappa shape index (κ2) is 7.91. The molecule has 5 nitrogen and oxygen atoms in total. The molecular weight excluding hydrogens is 348 g/mol. The molecule has 1 aromatic heterocycles. The number of rotatable bonds is 5. The van der Waals surface area contributed by atoms with Crippen molar-refractivity contribution in [2.75, 3.05) is 17.7 Å². The molecule has 1 aromatic carbocycles. The molecule has 1 heterocycles. The van der Waals surface area contributed by atoms with Crippen LogP contribution in [0.2, 0.25) is 0 Å². The maximum Gasteiger partial charge on any atom is 0.265 e. The lowest BCUT2D eigenvalue weighted by molar-refractivity contribution is -0.114. The molecule has 3 rings (SSSR count). The van der Waals surface area contributed by atoms with E-state index in [1.165, 1.54) is 30.2 Å². The van der Waals surface area contributed by atoms with E-state index in [0.29, 0.717) is 17.1 Å². The number of ether oxygens (including phenoxy) is 1. The molecule has 6 heteroatoms.